The summed E-state index contributed by atoms with van der Waals surface area (Å²) in [5.74, 6) is 5.50. The number of aromatic nitrogens is 4. The number of anilines is 4. The summed E-state index contributed by atoms with van der Waals surface area (Å²) < 4.78 is 52.6. The number of phenols is 1. The van der Waals surface area contributed by atoms with Crippen LogP contribution >= 0.6 is 15.9 Å². The number of nitrogen functional groups attached to an aromatic ring is 2. The first-order valence-electron chi connectivity index (χ1n) is 21.6. The average Bonchev–Trinajstić information content (AvgIpc) is 4.03. The molecule has 8 rings (SSSR count). The predicted molar refractivity (Wildman–Crippen MR) is 261 cm³/mol. The lowest BCUT2D eigenvalue weighted by molar-refractivity contribution is 0.00572. The normalized spacial score (nSPS) is 11.8. The fourth-order valence-electron chi connectivity index (χ4n) is 6.29. The maximum Gasteiger partial charge on any atom is 0.231 e. The van der Waals surface area contributed by atoms with Crippen LogP contribution < -0.4 is 45.8 Å². The topological polar surface area (TPSA) is 240 Å². The van der Waals surface area contributed by atoms with Gasteiger partial charge in [0, 0.05) is 55.9 Å². The summed E-state index contributed by atoms with van der Waals surface area (Å²) in [4.78, 5) is 17.1. The molecule has 4 heterocycles. The number of halogens is 1. The van der Waals surface area contributed by atoms with Crippen molar-refractivity contribution in [2.45, 2.75) is 13.1 Å². The third-order valence-electron chi connectivity index (χ3n) is 9.53. The molecule has 0 saturated carbocycles. The van der Waals surface area contributed by atoms with E-state index in [4.69, 9.17) is 58.8 Å². The number of benzene rings is 4. The highest BCUT2D eigenvalue weighted by molar-refractivity contribution is 9.09. The lowest BCUT2D eigenvalue weighted by Gasteiger charge is -2.10. The van der Waals surface area contributed by atoms with E-state index < -0.39 is 0 Å². The average molecular weight is 1000 g/mol. The summed E-state index contributed by atoms with van der Waals surface area (Å²) in [6.45, 7) is 7.11. The number of methoxy groups -OCH3 is 2. The third-order valence-corrected chi connectivity index (χ3v) is 9.86. The van der Waals surface area contributed by atoms with Crippen molar-refractivity contribution in [2.24, 2.45) is 0 Å². The van der Waals surface area contributed by atoms with E-state index in [1.54, 1.807) is 38.5 Å². The van der Waals surface area contributed by atoms with Gasteiger partial charge in [0.1, 0.15) is 29.7 Å². The first-order valence-corrected chi connectivity index (χ1v) is 22.8. The quantitative estimate of drug-likeness (QED) is 0.0323. The predicted octanol–water partition coefficient (Wildman–Crippen LogP) is 6.94. The summed E-state index contributed by atoms with van der Waals surface area (Å²) in [5, 5.41) is 17.0. The van der Waals surface area contributed by atoms with E-state index in [0.29, 0.717) is 89.0 Å². The number of aromatic hydroxyl groups is 1. The summed E-state index contributed by atoms with van der Waals surface area (Å²) in [6.07, 6.45) is 0. The van der Waals surface area contributed by atoms with Crippen molar-refractivity contribution in [3.8, 4) is 57.0 Å². The van der Waals surface area contributed by atoms with Gasteiger partial charge in [-0.25, -0.2) is 9.97 Å². The number of fused-ring (bicyclic) bond motifs is 2. The number of nitrogens with zero attached hydrogens (tertiary/aromatic N) is 4. The van der Waals surface area contributed by atoms with Crippen molar-refractivity contribution < 1.29 is 52.5 Å². The van der Waals surface area contributed by atoms with Crippen LogP contribution in [0.2, 0.25) is 0 Å². The molecule has 4 aromatic carbocycles. The van der Waals surface area contributed by atoms with Gasteiger partial charge in [0.15, 0.2) is 23.0 Å². The summed E-state index contributed by atoms with van der Waals surface area (Å²) >= 11 is 3.27. The van der Waals surface area contributed by atoms with Gasteiger partial charge in [-0.1, -0.05) is 52.3 Å². The van der Waals surface area contributed by atoms with Gasteiger partial charge in [0.2, 0.25) is 25.5 Å². The molecule has 0 radical (unpaired) electrons. The molecule has 0 spiro atoms. The van der Waals surface area contributed by atoms with Gasteiger partial charge in [-0.3, -0.25) is 0 Å². The zero-order valence-corrected chi connectivity index (χ0v) is 39.6. The Hall–Kier alpha value is -6.68. The Morgan fingerprint density at radius 1 is 0.544 bits per heavy atom. The van der Waals surface area contributed by atoms with E-state index in [9.17, 15) is 5.11 Å². The van der Waals surface area contributed by atoms with Crippen LogP contribution in [0.3, 0.4) is 0 Å². The highest BCUT2D eigenvalue weighted by Crippen LogP contribution is 2.34. The Kier molecular flexibility index (Phi) is 20.8. The number of rotatable bonds is 23. The van der Waals surface area contributed by atoms with E-state index in [1.807, 2.05) is 72.8 Å². The lowest BCUT2D eigenvalue weighted by Crippen LogP contribution is -2.11. The molecule has 0 saturated heterocycles. The minimum Gasteiger partial charge on any atom is -0.508 e. The van der Waals surface area contributed by atoms with Crippen LogP contribution in [0.15, 0.2) is 97.1 Å². The monoisotopic (exact) mass is 1000 g/mol. The van der Waals surface area contributed by atoms with Crippen molar-refractivity contribution in [2.75, 3.05) is 115 Å². The van der Waals surface area contributed by atoms with Gasteiger partial charge < -0.3 is 74.6 Å². The fourth-order valence-corrected chi connectivity index (χ4v) is 6.52. The minimum atomic E-state index is 0.161. The van der Waals surface area contributed by atoms with Gasteiger partial charge in [0.05, 0.1) is 64.2 Å². The van der Waals surface area contributed by atoms with Crippen molar-refractivity contribution >= 4 is 39.5 Å². The molecule has 20 heteroatoms. The number of ether oxygens (including phenoxy) is 10. The maximum absolute atomic E-state index is 9.63. The van der Waals surface area contributed by atoms with Crippen LogP contribution in [0.5, 0.6) is 34.5 Å². The first-order chi connectivity index (χ1) is 33.3. The van der Waals surface area contributed by atoms with Gasteiger partial charge in [0.25, 0.3) is 0 Å². The molecule has 2 aromatic heterocycles. The van der Waals surface area contributed by atoms with E-state index in [0.717, 1.165) is 62.9 Å². The molecule has 0 amide bonds. The third kappa shape index (κ3) is 16.9. The van der Waals surface area contributed by atoms with Crippen LogP contribution in [0.1, 0.15) is 11.1 Å². The molecule has 0 bridgehead atoms. The Labute approximate surface area is 403 Å². The molecule has 2 aliphatic rings. The summed E-state index contributed by atoms with van der Waals surface area (Å²) in [5.41, 5.74) is 16.8. The van der Waals surface area contributed by atoms with Gasteiger partial charge in [-0.2, -0.15) is 9.97 Å². The largest absolute Gasteiger partial charge is 0.508 e. The Balaban J connectivity index is 0.000000179. The lowest BCUT2D eigenvalue weighted by atomic mass is 10.1. The number of hydrogen-bond donors (Lipinski definition) is 5. The second-order valence-electron chi connectivity index (χ2n) is 14.5. The molecule has 19 nitrogen and oxygen atoms in total. The summed E-state index contributed by atoms with van der Waals surface area (Å²) in [6, 6.07) is 29.7. The van der Waals surface area contributed by atoms with Crippen molar-refractivity contribution in [1.82, 2.24) is 19.9 Å². The molecule has 2 aliphatic heterocycles. The second kappa shape index (κ2) is 27.8. The maximum atomic E-state index is 9.63. The zero-order chi connectivity index (χ0) is 47.8. The highest BCUT2D eigenvalue weighted by Gasteiger charge is 2.15. The molecule has 362 valence electrons. The first kappa shape index (κ1) is 50.7. The highest BCUT2D eigenvalue weighted by atomic mass is 79.9. The molecule has 0 atom stereocenters. The molecule has 68 heavy (non-hydrogen) atoms. The zero-order valence-electron chi connectivity index (χ0n) is 38.0. The van der Waals surface area contributed by atoms with Gasteiger partial charge in [-0.05, 0) is 59.7 Å². The fraction of sp³-hybridized carbons (Fsp3) is 0.333. The standard InChI is InChI=1S/C21H22N4O4.C18H16N4O3.C9H19BrO4/c1-26-7-8-27-16-4-2-3-15(10-16)17-11-20(25-21(22)24-17)23-12-14-5-6-18-19(9-14)29-13-28-18;19-18-21-14(12-2-1-3-13(23)7-12)8-17(22-18)20-9-11-4-5-15-16(6-11)25-10-24-15;1-11-4-5-13-8-9-14-7-6-12-3-2-10/h2-6,9-11H,7-8,12-13H2,1H3,(H3,22,23,24,25);1-8,23H,9-10H2,(H3,19,20,21,22);2-9H2,1H3. The van der Waals surface area contributed by atoms with Crippen LogP contribution in [-0.4, -0.2) is 118 Å². The van der Waals surface area contributed by atoms with Crippen LogP contribution in [0.25, 0.3) is 22.5 Å². The molecular weight excluding hydrogens is 944 g/mol. The summed E-state index contributed by atoms with van der Waals surface area (Å²) in [7, 11) is 3.29. The second-order valence-corrected chi connectivity index (χ2v) is 15.3. The van der Waals surface area contributed by atoms with Crippen LogP contribution in [0.4, 0.5) is 23.5 Å². The van der Waals surface area contributed by atoms with Crippen LogP contribution in [0, 0.1) is 0 Å². The SMILES string of the molecule is COCCOCCOCCOCCBr.COCCOc1cccc(-c2cc(NCc3ccc4c(c3)OCO4)nc(N)n2)c1.Nc1nc(NCc2ccc3c(c2)OCO3)cc(-c2cccc(O)c2)n1. The van der Waals surface area contributed by atoms with Crippen LogP contribution in [-0.2, 0) is 36.8 Å². The minimum absolute atomic E-state index is 0.161. The van der Waals surface area contributed by atoms with E-state index >= 15 is 0 Å². The van der Waals surface area contributed by atoms with E-state index in [-0.39, 0.29) is 31.2 Å². The van der Waals surface area contributed by atoms with Crippen molar-refractivity contribution in [3.63, 3.8) is 0 Å². The number of hydrogen-bond acceptors (Lipinski definition) is 19. The number of alkyl halides is 1. The molecular formula is C48H57BrN8O11. The molecule has 0 unspecified atom stereocenters. The van der Waals surface area contributed by atoms with Gasteiger partial charge in [-0.15, -0.1) is 0 Å². The Morgan fingerprint density at radius 3 is 1.56 bits per heavy atom. The molecule has 7 N–H and O–H groups in total. The number of phenolic OH excluding ortho intramolecular Hbond substituents is 1. The number of nitrogens with one attached hydrogen (secondary N) is 2. The molecule has 6 aromatic rings. The van der Waals surface area contributed by atoms with Gasteiger partial charge >= 0.3 is 0 Å². The van der Waals surface area contributed by atoms with E-state index in [1.165, 1.54) is 0 Å². The molecule has 0 aliphatic carbocycles. The molecule has 0 fully saturated rings. The number of nitrogens with two attached hydrogens (primary N) is 2. The van der Waals surface area contributed by atoms with E-state index in [2.05, 4.69) is 46.5 Å². The van der Waals surface area contributed by atoms with Crippen molar-refractivity contribution in [1.29, 1.82) is 0 Å². The van der Waals surface area contributed by atoms with Crippen molar-refractivity contribution in [3.05, 3.63) is 108 Å². The Morgan fingerprint density at radius 2 is 1.03 bits per heavy atom. The smallest absolute Gasteiger partial charge is 0.231 e. The Bertz CT molecular complexity index is 2460.